The Kier molecular flexibility index (Phi) is 7.42. The van der Waals surface area contributed by atoms with Crippen molar-refractivity contribution in [1.82, 2.24) is 10.3 Å². The number of rotatable bonds is 6. The molecule has 0 aliphatic rings. The minimum absolute atomic E-state index is 0.317. The maximum atomic E-state index is 12.6. The van der Waals surface area contributed by atoms with Crippen LogP contribution in [0.4, 0.5) is 19.0 Å². The Morgan fingerprint density at radius 3 is 2.56 bits per heavy atom. The monoisotopic (exact) mass is 459 g/mol. The number of pyridine rings is 1. The van der Waals surface area contributed by atoms with E-state index in [1.165, 1.54) is 12.1 Å². The molecule has 0 bridgehead atoms. The molecule has 0 amide bonds. The van der Waals surface area contributed by atoms with Gasteiger partial charge in [-0.25, -0.2) is 4.98 Å². The van der Waals surface area contributed by atoms with Crippen LogP contribution in [-0.4, -0.2) is 23.4 Å². The van der Waals surface area contributed by atoms with E-state index < -0.39 is 11.7 Å². The van der Waals surface area contributed by atoms with Crippen molar-refractivity contribution >= 4 is 40.0 Å². The number of fused-ring (bicyclic) bond motifs is 1. The van der Waals surface area contributed by atoms with E-state index in [0.29, 0.717) is 29.5 Å². The summed E-state index contributed by atoms with van der Waals surface area (Å²) in [4.78, 5) is 9.19. The van der Waals surface area contributed by atoms with Gasteiger partial charge in [-0.3, -0.25) is 4.99 Å². The van der Waals surface area contributed by atoms with Crippen LogP contribution in [0.25, 0.3) is 15.7 Å². The number of nitrogens with one attached hydrogen (secondary N) is 1. The van der Waals surface area contributed by atoms with Gasteiger partial charge in [-0.05, 0) is 54.1 Å². The van der Waals surface area contributed by atoms with E-state index in [0.717, 1.165) is 34.0 Å². The minimum Gasteiger partial charge on any atom is -0.384 e. The molecule has 32 heavy (non-hydrogen) atoms. The second-order valence-electron chi connectivity index (χ2n) is 7.43. The van der Waals surface area contributed by atoms with Crippen molar-refractivity contribution in [2.75, 3.05) is 12.3 Å². The molecule has 0 radical (unpaired) electrons. The van der Waals surface area contributed by atoms with Crippen LogP contribution in [0.2, 0.25) is 0 Å². The molecule has 0 fully saturated rings. The molecule has 0 aliphatic heterocycles. The zero-order valence-electron chi connectivity index (χ0n) is 17.4. The van der Waals surface area contributed by atoms with Crippen molar-refractivity contribution in [1.29, 1.82) is 0 Å². The highest BCUT2D eigenvalue weighted by molar-refractivity contribution is 7.90. The molecule has 0 aliphatic carbocycles. The number of anilines is 1. The second kappa shape index (κ2) is 10.1. The van der Waals surface area contributed by atoms with Gasteiger partial charge in [-0.1, -0.05) is 24.3 Å². The van der Waals surface area contributed by atoms with Gasteiger partial charge in [-0.2, -0.15) is 13.2 Å². The summed E-state index contributed by atoms with van der Waals surface area (Å²) in [5, 5.41) is 5.03. The lowest BCUT2D eigenvalue weighted by molar-refractivity contribution is -0.137. The first-order chi connectivity index (χ1) is 15.1. The largest absolute Gasteiger partial charge is 0.416 e. The summed E-state index contributed by atoms with van der Waals surface area (Å²) < 4.78 is 37.9. The molecule has 9 heteroatoms. The number of aromatic nitrogens is 1. The first-order valence-corrected chi connectivity index (χ1v) is 10.3. The van der Waals surface area contributed by atoms with Crippen LogP contribution >= 0.6 is 12.6 Å². The molecule has 3 aromatic rings. The summed E-state index contributed by atoms with van der Waals surface area (Å²) in [6.45, 7) is 2.13. The lowest BCUT2D eigenvalue weighted by Gasteiger charge is -2.11. The average Bonchev–Trinajstić information content (AvgIpc) is 2.75. The van der Waals surface area contributed by atoms with Crippen molar-refractivity contribution in [3.05, 3.63) is 77.6 Å². The van der Waals surface area contributed by atoms with Gasteiger partial charge in [0.05, 0.1) is 17.9 Å². The summed E-state index contributed by atoms with van der Waals surface area (Å²) in [6, 6.07) is 12.4. The third-order valence-corrected chi connectivity index (χ3v) is 5.19. The fraction of sp³-hybridized carbons (Fsp3) is 0.217. The van der Waals surface area contributed by atoms with Crippen LogP contribution in [0.1, 0.15) is 23.6 Å². The highest BCUT2D eigenvalue weighted by Gasteiger charge is 2.29. The lowest BCUT2D eigenvalue weighted by atomic mass is 10.0. The van der Waals surface area contributed by atoms with Crippen molar-refractivity contribution < 1.29 is 13.2 Å². The Hall–Kier alpha value is -3.04. The number of amidine groups is 1. The summed E-state index contributed by atoms with van der Waals surface area (Å²) in [6.07, 6.45) is -0.462. The van der Waals surface area contributed by atoms with Crippen LogP contribution in [0.3, 0.4) is 0 Å². The number of halogens is 3. The number of alkyl halides is 3. The quantitative estimate of drug-likeness (QED) is 0.246. The molecule has 2 aromatic carbocycles. The minimum atomic E-state index is -4.34. The maximum Gasteiger partial charge on any atom is 0.416 e. The lowest BCUT2D eigenvalue weighted by Crippen LogP contribution is -2.28. The Bertz CT molecular complexity index is 1140. The Labute approximate surface area is 189 Å². The third kappa shape index (κ3) is 6.48. The van der Waals surface area contributed by atoms with Crippen LogP contribution in [0.15, 0.2) is 65.9 Å². The van der Waals surface area contributed by atoms with Crippen LogP contribution in [0.5, 0.6) is 0 Å². The highest BCUT2D eigenvalue weighted by Crippen LogP contribution is 2.29. The van der Waals surface area contributed by atoms with E-state index in [4.69, 9.17) is 11.5 Å². The molecule has 1 aromatic heterocycles. The molecule has 1 heterocycles. The summed E-state index contributed by atoms with van der Waals surface area (Å²) in [5.41, 5.74) is 12.8. The van der Waals surface area contributed by atoms with Crippen LogP contribution < -0.4 is 16.8 Å². The van der Waals surface area contributed by atoms with Crippen LogP contribution in [0, 0.1) is 0 Å². The predicted molar refractivity (Wildman–Crippen MR) is 127 cm³/mol. The number of nitrogens with two attached hydrogens (primary N) is 2. The SMILES string of the molecule is CC(=NC[C@@H](N)Cc1ccc(C(F)(F)F)cc1)N/C=C(\S)c1ccc2cnc(N)cc2c1. The van der Waals surface area contributed by atoms with Gasteiger partial charge < -0.3 is 16.8 Å². The number of aliphatic imine (C=N–C) groups is 1. The molecule has 0 unspecified atom stereocenters. The smallest absolute Gasteiger partial charge is 0.384 e. The Balaban J connectivity index is 1.56. The van der Waals surface area contributed by atoms with Gasteiger partial charge in [0.2, 0.25) is 0 Å². The van der Waals surface area contributed by atoms with Crippen molar-refractivity contribution in [3.63, 3.8) is 0 Å². The third-order valence-electron chi connectivity index (χ3n) is 4.80. The zero-order valence-corrected chi connectivity index (χ0v) is 18.3. The van der Waals surface area contributed by atoms with E-state index in [2.05, 4.69) is 27.9 Å². The number of nitrogens with zero attached hydrogens (tertiary/aromatic N) is 2. The molecule has 0 spiro atoms. The first-order valence-electron chi connectivity index (χ1n) is 9.86. The van der Waals surface area contributed by atoms with Crippen molar-refractivity contribution in [3.8, 4) is 0 Å². The van der Waals surface area contributed by atoms with E-state index in [9.17, 15) is 13.2 Å². The van der Waals surface area contributed by atoms with Gasteiger partial charge in [0.25, 0.3) is 0 Å². The maximum absolute atomic E-state index is 12.6. The van der Waals surface area contributed by atoms with Gasteiger partial charge in [0, 0.05) is 28.7 Å². The van der Waals surface area contributed by atoms with Crippen molar-refractivity contribution in [2.24, 2.45) is 10.7 Å². The molecular formula is C23H24F3N5S. The van der Waals surface area contributed by atoms with Gasteiger partial charge in [0.15, 0.2) is 0 Å². The van der Waals surface area contributed by atoms with E-state index >= 15 is 0 Å². The molecule has 0 saturated carbocycles. The fourth-order valence-electron chi connectivity index (χ4n) is 3.07. The second-order valence-corrected chi connectivity index (χ2v) is 7.91. The number of nitrogen functional groups attached to an aromatic ring is 1. The standard InChI is InChI=1S/C23H24F3N5S/c1-14(29-12-20(27)8-15-2-6-19(7-3-15)23(24,25)26)30-13-21(32)16-4-5-17-11-31-22(28)10-18(17)9-16/h2-7,9-11,13,20,32H,8,12,27H2,1H3,(H2,28,31)(H,29,30)/b21-13-/t20-/m0/s1. The van der Waals surface area contributed by atoms with Crippen molar-refractivity contribution in [2.45, 2.75) is 25.6 Å². The Morgan fingerprint density at radius 2 is 1.88 bits per heavy atom. The molecule has 5 nitrogen and oxygen atoms in total. The summed E-state index contributed by atoms with van der Waals surface area (Å²) in [5.74, 6) is 1.10. The molecule has 3 rings (SSSR count). The molecule has 1 atom stereocenters. The molecule has 0 saturated heterocycles. The number of hydrogen-bond acceptors (Lipinski definition) is 5. The predicted octanol–water partition coefficient (Wildman–Crippen LogP) is 4.64. The fourth-order valence-corrected chi connectivity index (χ4v) is 3.27. The average molecular weight is 460 g/mol. The van der Waals surface area contributed by atoms with E-state index in [1.807, 2.05) is 18.2 Å². The number of thiol groups is 1. The molecule has 5 N–H and O–H groups in total. The number of benzene rings is 2. The van der Waals surface area contributed by atoms with Gasteiger partial charge in [0.1, 0.15) is 5.82 Å². The normalized spacial score (nSPS) is 13.9. The Morgan fingerprint density at radius 1 is 1.16 bits per heavy atom. The first kappa shape index (κ1) is 23.6. The van der Waals surface area contributed by atoms with Gasteiger partial charge in [-0.15, -0.1) is 12.6 Å². The van der Waals surface area contributed by atoms with Gasteiger partial charge >= 0.3 is 6.18 Å². The number of hydrogen-bond donors (Lipinski definition) is 4. The molecule has 168 valence electrons. The highest BCUT2D eigenvalue weighted by atomic mass is 32.1. The summed E-state index contributed by atoms with van der Waals surface area (Å²) >= 11 is 4.54. The van der Waals surface area contributed by atoms with Crippen LogP contribution in [-0.2, 0) is 12.6 Å². The topological polar surface area (TPSA) is 89.3 Å². The zero-order chi connectivity index (χ0) is 23.3. The van der Waals surface area contributed by atoms with E-state index in [-0.39, 0.29) is 6.04 Å². The van der Waals surface area contributed by atoms with E-state index in [1.54, 1.807) is 25.4 Å². The summed E-state index contributed by atoms with van der Waals surface area (Å²) in [7, 11) is 0. The molecular weight excluding hydrogens is 435 g/mol.